The zero-order valence-electron chi connectivity index (χ0n) is 6.92. The van der Waals surface area contributed by atoms with Gasteiger partial charge in [0.15, 0.2) is 0 Å². The van der Waals surface area contributed by atoms with Gasteiger partial charge in [-0.15, -0.1) is 0 Å². The Kier molecular flexibility index (Phi) is 2.46. The van der Waals surface area contributed by atoms with E-state index in [9.17, 15) is 4.79 Å². The van der Waals surface area contributed by atoms with Gasteiger partial charge in [0, 0.05) is 26.4 Å². The highest BCUT2D eigenvalue weighted by Crippen LogP contribution is 1.99. The van der Waals surface area contributed by atoms with Crippen LogP contribution in [0.1, 0.15) is 19.8 Å². The van der Waals surface area contributed by atoms with Gasteiger partial charge in [0.2, 0.25) is 5.91 Å². The van der Waals surface area contributed by atoms with Crippen molar-refractivity contribution in [2.24, 2.45) is 5.10 Å². The largest absolute Gasteiger partial charge is 0.313 e. The lowest BCUT2D eigenvalue weighted by Gasteiger charge is -2.01. The molecule has 0 bridgehead atoms. The summed E-state index contributed by atoms with van der Waals surface area (Å²) in [5.74, 6) is 0.832. The minimum absolute atomic E-state index is 0.0408. The topological polar surface area (TPSA) is 44.7 Å². The van der Waals surface area contributed by atoms with Gasteiger partial charge in [-0.05, 0) is 0 Å². The van der Waals surface area contributed by atoms with Crippen molar-refractivity contribution in [3.63, 3.8) is 0 Å². The van der Waals surface area contributed by atoms with Gasteiger partial charge < -0.3 is 5.32 Å². The highest BCUT2D eigenvalue weighted by atomic mass is 16.1. The van der Waals surface area contributed by atoms with Gasteiger partial charge in [-0.1, -0.05) is 6.92 Å². The fourth-order valence-corrected chi connectivity index (χ4v) is 0.911. The third kappa shape index (κ3) is 2.22. The second-order valence-corrected chi connectivity index (χ2v) is 2.58. The van der Waals surface area contributed by atoms with E-state index < -0.39 is 0 Å². The number of amides is 1. The van der Waals surface area contributed by atoms with Gasteiger partial charge in [0.1, 0.15) is 5.84 Å². The molecule has 4 nitrogen and oxygen atoms in total. The first-order valence-electron chi connectivity index (χ1n) is 3.81. The minimum atomic E-state index is 0.0408. The molecule has 0 spiro atoms. The van der Waals surface area contributed by atoms with E-state index in [0.717, 1.165) is 18.8 Å². The maximum atomic E-state index is 10.9. The first kappa shape index (κ1) is 8.04. The van der Waals surface area contributed by atoms with Crippen molar-refractivity contribution in [3.05, 3.63) is 0 Å². The molecule has 0 atom stereocenters. The first-order valence-corrected chi connectivity index (χ1v) is 3.81. The van der Waals surface area contributed by atoms with Crippen LogP contribution in [-0.4, -0.2) is 30.3 Å². The van der Waals surface area contributed by atoms with Gasteiger partial charge in [-0.2, -0.15) is 5.10 Å². The molecule has 0 radical (unpaired) electrons. The monoisotopic (exact) mass is 155 g/mol. The summed E-state index contributed by atoms with van der Waals surface area (Å²) < 4.78 is 0. The summed E-state index contributed by atoms with van der Waals surface area (Å²) in [5.41, 5.74) is 0. The van der Waals surface area contributed by atoms with Crippen molar-refractivity contribution >= 4 is 11.7 Å². The molecule has 11 heavy (non-hydrogen) atoms. The molecule has 1 N–H and O–H groups in total. The molecule has 0 saturated carbocycles. The summed E-state index contributed by atoms with van der Waals surface area (Å²) in [5, 5.41) is 8.65. The van der Waals surface area contributed by atoms with Crippen molar-refractivity contribution in [1.82, 2.24) is 10.3 Å². The van der Waals surface area contributed by atoms with E-state index in [1.807, 2.05) is 19.0 Å². The van der Waals surface area contributed by atoms with Gasteiger partial charge in [0.05, 0.1) is 0 Å². The molecule has 1 heterocycles. The maximum Gasteiger partial charge on any atom is 0.225 e. The summed E-state index contributed by atoms with van der Waals surface area (Å²) >= 11 is 0. The third-order valence-corrected chi connectivity index (χ3v) is 1.57. The maximum absolute atomic E-state index is 10.9. The number of nitrogens with zero attached hydrogens (tertiary/aromatic N) is 2. The molecule has 0 fully saturated rings. The summed E-state index contributed by atoms with van der Waals surface area (Å²) in [6.45, 7) is 2.73. The highest BCUT2D eigenvalue weighted by molar-refractivity contribution is 5.98. The van der Waals surface area contributed by atoms with Crippen LogP contribution in [0, 0.1) is 0 Å². The zero-order valence-corrected chi connectivity index (χ0v) is 6.92. The molecule has 1 amide bonds. The third-order valence-electron chi connectivity index (χ3n) is 1.57. The minimum Gasteiger partial charge on any atom is -0.313 e. The fourth-order valence-electron chi connectivity index (χ4n) is 0.911. The van der Waals surface area contributed by atoms with Crippen molar-refractivity contribution < 1.29 is 4.79 Å². The molecule has 0 saturated heterocycles. The van der Waals surface area contributed by atoms with Crippen LogP contribution in [-0.2, 0) is 4.79 Å². The van der Waals surface area contributed by atoms with Gasteiger partial charge in [-0.3, -0.25) is 9.80 Å². The molecular formula is C7H13N3O. The lowest BCUT2D eigenvalue weighted by molar-refractivity contribution is -0.119. The number of hydrazone groups is 1. The summed E-state index contributed by atoms with van der Waals surface area (Å²) in [6, 6.07) is 0. The average molecular weight is 155 g/mol. The first-order chi connectivity index (χ1) is 5.22. The molecule has 0 aromatic rings. The van der Waals surface area contributed by atoms with E-state index in [0.29, 0.717) is 6.42 Å². The Labute approximate surface area is 66.3 Å². The normalized spacial score (nSPS) is 16.5. The zero-order chi connectivity index (χ0) is 8.27. The van der Waals surface area contributed by atoms with Crippen molar-refractivity contribution in [2.75, 3.05) is 13.6 Å². The second kappa shape index (κ2) is 3.37. The van der Waals surface area contributed by atoms with E-state index in [1.165, 1.54) is 0 Å². The number of carbonyl (C=O) groups excluding carboxylic acids is 1. The Bertz CT molecular complexity index is 188. The molecule has 0 aromatic heterocycles. The van der Waals surface area contributed by atoms with Crippen LogP contribution < -0.4 is 5.32 Å². The molecule has 4 heteroatoms. The van der Waals surface area contributed by atoms with Gasteiger partial charge in [0.25, 0.3) is 0 Å². The Morgan fingerprint density at radius 1 is 1.82 bits per heavy atom. The van der Waals surface area contributed by atoms with E-state index in [4.69, 9.17) is 0 Å². The smallest absolute Gasteiger partial charge is 0.225 e. The quantitative estimate of drug-likeness (QED) is 0.586. The van der Waals surface area contributed by atoms with Crippen LogP contribution in [0.4, 0.5) is 0 Å². The molecule has 1 aliphatic heterocycles. The van der Waals surface area contributed by atoms with Crippen LogP contribution in [0.5, 0.6) is 0 Å². The Balaban J connectivity index is 2.38. The van der Waals surface area contributed by atoms with Crippen molar-refractivity contribution in [3.8, 4) is 0 Å². The lowest BCUT2D eigenvalue weighted by Crippen LogP contribution is -2.28. The standard InChI is InChI=1S/C7H13N3O/c1-3-7(11)8-6-4-5-10(2)9-6/h3-5H2,1-2H3,(H,8,9,11). The number of amidine groups is 1. The highest BCUT2D eigenvalue weighted by Gasteiger charge is 2.11. The van der Waals surface area contributed by atoms with Crippen molar-refractivity contribution in [2.45, 2.75) is 19.8 Å². The number of hydrogen-bond donors (Lipinski definition) is 1. The molecule has 0 aromatic carbocycles. The molecule has 1 aliphatic rings. The van der Waals surface area contributed by atoms with Crippen LogP contribution in [0.15, 0.2) is 5.10 Å². The van der Waals surface area contributed by atoms with E-state index in [1.54, 1.807) is 0 Å². The molecule has 62 valence electrons. The fraction of sp³-hybridized carbons (Fsp3) is 0.714. The number of nitrogens with one attached hydrogen (secondary N) is 1. The molecule has 0 unspecified atom stereocenters. The summed E-state index contributed by atoms with van der Waals surface area (Å²) in [6.07, 6.45) is 1.37. The Morgan fingerprint density at radius 2 is 2.55 bits per heavy atom. The molecular weight excluding hydrogens is 142 g/mol. The summed E-state index contributed by atoms with van der Waals surface area (Å²) in [4.78, 5) is 10.9. The number of carbonyl (C=O) groups is 1. The average Bonchev–Trinajstić information content (AvgIpc) is 2.35. The van der Waals surface area contributed by atoms with Crippen LogP contribution in [0.25, 0.3) is 0 Å². The van der Waals surface area contributed by atoms with Crippen molar-refractivity contribution in [1.29, 1.82) is 0 Å². The Morgan fingerprint density at radius 3 is 3.00 bits per heavy atom. The van der Waals surface area contributed by atoms with E-state index >= 15 is 0 Å². The molecule has 1 rings (SSSR count). The van der Waals surface area contributed by atoms with Crippen LogP contribution in [0.3, 0.4) is 0 Å². The number of hydrogen-bond acceptors (Lipinski definition) is 3. The lowest BCUT2D eigenvalue weighted by atomic mass is 10.4. The van der Waals surface area contributed by atoms with Gasteiger partial charge >= 0.3 is 0 Å². The predicted molar refractivity (Wildman–Crippen MR) is 43.1 cm³/mol. The second-order valence-electron chi connectivity index (χ2n) is 2.58. The molecule has 0 aliphatic carbocycles. The predicted octanol–water partition coefficient (Wildman–Crippen LogP) is 0.162. The summed E-state index contributed by atoms with van der Waals surface area (Å²) in [7, 11) is 1.89. The SMILES string of the molecule is CCC(=O)NC1=NN(C)CC1. The Hall–Kier alpha value is -1.06. The van der Waals surface area contributed by atoms with Gasteiger partial charge in [-0.25, -0.2) is 0 Å². The van der Waals surface area contributed by atoms with E-state index in [-0.39, 0.29) is 5.91 Å². The van der Waals surface area contributed by atoms with E-state index in [2.05, 4.69) is 10.4 Å². The van der Waals surface area contributed by atoms with Crippen LogP contribution in [0.2, 0.25) is 0 Å². The van der Waals surface area contributed by atoms with Crippen LogP contribution >= 0.6 is 0 Å². The number of rotatable bonds is 1.